The van der Waals surface area contributed by atoms with Crippen molar-refractivity contribution in [2.45, 2.75) is 39.0 Å². The number of aromatic nitrogens is 1. The van der Waals surface area contributed by atoms with Gasteiger partial charge in [-0.25, -0.2) is 4.98 Å². The van der Waals surface area contributed by atoms with E-state index in [0.29, 0.717) is 17.8 Å². The molecule has 1 atom stereocenters. The summed E-state index contributed by atoms with van der Waals surface area (Å²) in [4.78, 5) is 30.3. The number of benzene rings is 1. The highest BCUT2D eigenvalue weighted by Gasteiger charge is 2.38. The molecule has 5 heteroatoms. The van der Waals surface area contributed by atoms with Crippen LogP contribution in [0.1, 0.15) is 43.2 Å². The molecule has 2 heterocycles. The molecule has 142 valence electrons. The van der Waals surface area contributed by atoms with E-state index in [2.05, 4.69) is 15.6 Å². The number of Topliss-reactive ketones (excluding diaryl/α,β-unsaturated/α-hetero) is 1. The van der Waals surface area contributed by atoms with Crippen LogP contribution in [0.5, 0.6) is 0 Å². The average Bonchev–Trinajstić information content (AvgIpc) is 2.67. The van der Waals surface area contributed by atoms with E-state index >= 15 is 0 Å². The zero-order valence-corrected chi connectivity index (χ0v) is 16.1. The Bertz CT molecular complexity index is 1010. The molecule has 2 aromatic rings. The number of carbonyl (C=O) groups excluding carboxylic acids is 2. The summed E-state index contributed by atoms with van der Waals surface area (Å²) in [6.45, 7) is 3.85. The van der Waals surface area contributed by atoms with Gasteiger partial charge in [0, 0.05) is 41.1 Å². The lowest BCUT2D eigenvalue weighted by Crippen LogP contribution is -2.35. The minimum Gasteiger partial charge on any atom is -0.362 e. The van der Waals surface area contributed by atoms with Gasteiger partial charge in [-0.3, -0.25) is 9.59 Å². The molecular weight excluding hydrogens is 350 g/mol. The van der Waals surface area contributed by atoms with E-state index in [1.54, 1.807) is 6.20 Å². The summed E-state index contributed by atoms with van der Waals surface area (Å²) in [7, 11) is 0. The van der Waals surface area contributed by atoms with E-state index in [9.17, 15) is 9.59 Å². The lowest BCUT2D eigenvalue weighted by molar-refractivity contribution is -0.116. The summed E-state index contributed by atoms with van der Waals surface area (Å²) in [5, 5.41) is 6.24. The lowest BCUT2D eigenvalue weighted by atomic mass is 9.75. The molecule has 1 aromatic carbocycles. The first-order chi connectivity index (χ1) is 13.5. The number of allylic oxidation sites excluding steroid dienone is 3. The molecule has 4 rings (SSSR count). The van der Waals surface area contributed by atoms with E-state index in [1.165, 1.54) is 0 Å². The summed E-state index contributed by atoms with van der Waals surface area (Å²) in [5.74, 6) is 0.0258. The third kappa shape index (κ3) is 3.36. The standard InChI is InChI=1S/C23H23N3O2/c1-14-11-12-24-19(13-14)26-23(28)20-15(2)25-17-9-6-10-18(27)22(17)21(20)16-7-4-3-5-8-16/h3-5,7-8,11-13,21,25H,6,9-10H2,1-2H3,(H,24,26,28)/t21-/m0/s1. The molecule has 0 saturated carbocycles. The van der Waals surface area contributed by atoms with E-state index in [1.807, 2.05) is 56.3 Å². The molecule has 28 heavy (non-hydrogen) atoms. The van der Waals surface area contributed by atoms with Crippen molar-refractivity contribution in [1.82, 2.24) is 10.3 Å². The molecule has 1 aliphatic carbocycles. The number of aryl methyl sites for hydroxylation is 1. The predicted molar refractivity (Wildman–Crippen MR) is 109 cm³/mol. The van der Waals surface area contributed by atoms with Gasteiger partial charge >= 0.3 is 0 Å². The highest BCUT2D eigenvalue weighted by atomic mass is 16.2. The van der Waals surface area contributed by atoms with Crippen LogP contribution in [-0.4, -0.2) is 16.7 Å². The van der Waals surface area contributed by atoms with Gasteiger partial charge in [-0.05, 0) is 49.9 Å². The second-order valence-electron chi connectivity index (χ2n) is 7.35. The van der Waals surface area contributed by atoms with Crippen LogP contribution in [0.4, 0.5) is 5.82 Å². The maximum atomic E-state index is 13.3. The SMILES string of the molecule is CC1=C(C(=O)Nc2cc(C)ccn2)[C@H](c2ccccc2)C2=C(CCCC2=O)N1. The van der Waals surface area contributed by atoms with E-state index < -0.39 is 0 Å². The Morgan fingerprint density at radius 3 is 2.68 bits per heavy atom. The molecule has 1 aliphatic heterocycles. The highest BCUT2D eigenvalue weighted by Crippen LogP contribution is 2.42. The maximum absolute atomic E-state index is 13.3. The number of amides is 1. The fourth-order valence-corrected chi connectivity index (χ4v) is 4.05. The Balaban J connectivity index is 1.77. The molecule has 2 N–H and O–H groups in total. The second-order valence-corrected chi connectivity index (χ2v) is 7.35. The largest absolute Gasteiger partial charge is 0.362 e. The molecule has 0 unspecified atom stereocenters. The summed E-state index contributed by atoms with van der Waals surface area (Å²) in [6, 6.07) is 13.5. The van der Waals surface area contributed by atoms with Gasteiger partial charge in [0.25, 0.3) is 5.91 Å². The van der Waals surface area contributed by atoms with Gasteiger partial charge in [0.15, 0.2) is 5.78 Å². The number of dihydropyridines is 1. The molecule has 0 saturated heterocycles. The number of hydrogen-bond acceptors (Lipinski definition) is 4. The first-order valence-corrected chi connectivity index (χ1v) is 9.57. The zero-order valence-electron chi connectivity index (χ0n) is 16.1. The monoisotopic (exact) mass is 373 g/mol. The van der Waals surface area contributed by atoms with Gasteiger partial charge < -0.3 is 10.6 Å². The van der Waals surface area contributed by atoms with Gasteiger partial charge in [-0.1, -0.05) is 30.3 Å². The van der Waals surface area contributed by atoms with Crippen LogP contribution in [0, 0.1) is 6.92 Å². The van der Waals surface area contributed by atoms with Gasteiger partial charge in [0.2, 0.25) is 0 Å². The van der Waals surface area contributed by atoms with Gasteiger partial charge in [-0.15, -0.1) is 0 Å². The first-order valence-electron chi connectivity index (χ1n) is 9.57. The zero-order chi connectivity index (χ0) is 19.7. The van der Waals surface area contributed by atoms with E-state index in [4.69, 9.17) is 0 Å². The van der Waals surface area contributed by atoms with Crippen LogP contribution < -0.4 is 10.6 Å². The fourth-order valence-electron chi connectivity index (χ4n) is 4.05. The van der Waals surface area contributed by atoms with Crippen molar-refractivity contribution >= 4 is 17.5 Å². The third-order valence-corrected chi connectivity index (χ3v) is 5.31. The number of hydrogen-bond donors (Lipinski definition) is 2. The Labute approximate surface area is 164 Å². The first kappa shape index (κ1) is 18.2. The van der Waals surface area contributed by atoms with E-state index in [0.717, 1.165) is 40.9 Å². The van der Waals surface area contributed by atoms with Crippen molar-refractivity contribution in [2.24, 2.45) is 0 Å². The van der Waals surface area contributed by atoms with Crippen LogP contribution in [0.2, 0.25) is 0 Å². The third-order valence-electron chi connectivity index (χ3n) is 5.31. The number of nitrogens with one attached hydrogen (secondary N) is 2. The van der Waals surface area contributed by atoms with Crippen molar-refractivity contribution in [2.75, 3.05) is 5.32 Å². The van der Waals surface area contributed by atoms with E-state index in [-0.39, 0.29) is 17.6 Å². The van der Waals surface area contributed by atoms with Crippen LogP contribution in [0.15, 0.2) is 71.2 Å². The number of pyridine rings is 1. The molecule has 0 fully saturated rings. The molecule has 1 amide bonds. The average molecular weight is 373 g/mol. The van der Waals surface area contributed by atoms with Crippen molar-refractivity contribution in [3.63, 3.8) is 0 Å². The molecule has 2 aliphatic rings. The number of ketones is 1. The van der Waals surface area contributed by atoms with Gasteiger partial charge in [-0.2, -0.15) is 0 Å². The van der Waals surface area contributed by atoms with Gasteiger partial charge in [0.1, 0.15) is 5.82 Å². The maximum Gasteiger partial charge on any atom is 0.255 e. The Kier molecular flexibility index (Phi) is 4.82. The molecule has 0 bridgehead atoms. The van der Waals surface area contributed by atoms with Gasteiger partial charge in [0.05, 0.1) is 0 Å². The number of carbonyl (C=O) groups is 2. The minimum atomic E-state index is -0.366. The predicted octanol–water partition coefficient (Wildman–Crippen LogP) is 4.00. The topological polar surface area (TPSA) is 71.1 Å². The molecule has 1 aromatic heterocycles. The van der Waals surface area contributed by atoms with Crippen LogP contribution >= 0.6 is 0 Å². The van der Waals surface area contributed by atoms with Crippen LogP contribution in [-0.2, 0) is 9.59 Å². The smallest absolute Gasteiger partial charge is 0.255 e. The van der Waals surface area contributed by atoms with Crippen LogP contribution in [0.3, 0.4) is 0 Å². The van der Waals surface area contributed by atoms with Crippen LogP contribution in [0.25, 0.3) is 0 Å². The molecule has 0 radical (unpaired) electrons. The number of rotatable bonds is 3. The quantitative estimate of drug-likeness (QED) is 0.853. The lowest BCUT2D eigenvalue weighted by Gasteiger charge is -2.34. The van der Waals surface area contributed by atoms with Crippen molar-refractivity contribution in [3.05, 3.63) is 82.3 Å². The minimum absolute atomic E-state index is 0.120. The fraction of sp³-hybridized carbons (Fsp3) is 0.261. The second kappa shape index (κ2) is 7.43. The summed E-state index contributed by atoms with van der Waals surface area (Å²) >= 11 is 0. The highest BCUT2D eigenvalue weighted by molar-refractivity contribution is 6.09. The van der Waals surface area contributed by atoms with Crippen molar-refractivity contribution in [3.8, 4) is 0 Å². The normalized spacial score (nSPS) is 19.2. The number of anilines is 1. The Hall–Kier alpha value is -3.21. The molecule has 0 spiro atoms. The van der Waals surface area contributed by atoms with Crippen molar-refractivity contribution in [1.29, 1.82) is 0 Å². The Morgan fingerprint density at radius 2 is 1.93 bits per heavy atom. The Morgan fingerprint density at radius 1 is 1.14 bits per heavy atom. The summed E-state index contributed by atoms with van der Waals surface area (Å²) in [5.41, 5.74) is 5.01. The van der Waals surface area contributed by atoms with Crippen molar-refractivity contribution < 1.29 is 9.59 Å². The number of nitrogens with zero attached hydrogens (tertiary/aromatic N) is 1. The molecule has 5 nitrogen and oxygen atoms in total. The summed E-state index contributed by atoms with van der Waals surface area (Å²) < 4.78 is 0. The summed E-state index contributed by atoms with van der Waals surface area (Å²) in [6.07, 6.45) is 3.87. The molecular formula is C23H23N3O2.